The van der Waals surface area contributed by atoms with Crippen LogP contribution in [0.3, 0.4) is 0 Å². The molecule has 0 saturated carbocycles. The molecule has 0 bridgehead atoms. The Labute approximate surface area is 185 Å². The first kappa shape index (κ1) is 21.7. The van der Waals surface area contributed by atoms with Gasteiger partial charge in [-0.05, 0) is 44.4 Å². The second-order valence-electron chi connectivity index (χ2n) is 7.80. The van der Waals surface area contributed by atoms with Crippen LogP contribution in [0.15, 0.2) is 38.4 Å². The van der Waals surface area contributed by atoms with Gasteiger partial charge in [0.05, 0.1) is 5.92 Å². The summed E-state index contributed by atoms with van der Waals surface area (Å²) in [6.45, 7) is 6.17. The second kappa shape index (κ2) is 8.52. The Morgan fingerprint density at radius 3 is 2.77 bits per heavy atom. The summed E-state index contributed by atoms with van der Waals surface area (Å²) >= 11 is 1.12. The number of anilines is 1. The van der Waals surface area contributed by atoms with Gasteiger partial charge in [0.25, 0.3) is 10.0 Å². The van der Waals surface area contributed by atoms with Gasteiger partial charge in [0.15, 0.2) is 0 Å². The molecule has 2 aromatic heterocycles. The molecule has 0 aliphatic carbocycles. The average molecular weight is 461 g/mol. The number of hydrogen-bond acceptors (Lipinski definition) is 7. The molecule has 3 heterocycles. The van der Waals surface area contributed by atoms with Gasteiger partial charge in [0, 0.05) is 36.6 Å². The van der Waals surface area contributed by atoms with E-state index in [1.54, 1.807) is 18.4 Å². The number of hydrogen-bond donors (Lipinski definition) is 1. The van der Waals surface area contributed by atoms with Gasteiger partial charge < -0.3 is 9.84 Å². The van der Waals surface area contributed by atoms with Crippen LogP contribution < -0.4 is 5.32 Å². The van der Waals surface area contributed by atoms with Crippen molar-refractivity contribution in [3.63, 3.8) is 0 Å². The summed E-state index contributed by atoms with van der Waals surface area (Å²) in [5.41, 5.74) is 3.46. The SMILES string of the molecule is Cc1ccc(NC(=O)C2CCCN(S(=O)(=O)c3cc(-c4noc(C)n4)cs3)C2)c(C)c1. The van der Waals surface area contributed by atoms with Crippen LogP contribution in [-0.4, -0.2) is 41.9 Å². The molecule has 1 N–H and O–H groups in total. The first-order valence-electron chi connectivity index (χ1n) is 10.0. The van der Waals surface area contributed by atoms with E-state index in [9.17, 15) is 13.2 Å². The van der Waals surface area contributed by atoms with Crippen LogP contribution in [-0.2, 0) is 14.8 Å². The molecule has 3 aromatic rings. The highest BCUT2D eigenvalue weighted by Crippen LogP contribution is 2.31. The summed E-state index contributed by atoms with van der Waals surface area (Å²) < 4.78 is 33.0. The Hall–Kier alpha value is -2.56. The smallest absolute Gasteiger partial charge is 0.252 e. The van der Waals surface area contributed by atoms with E-state index in [4.69, 9.17) is 4.52 Å². The zero-order chi connectivity index (χ0) is 22.2. The van der Waals surface area contributed by atoms with Crippen molar-refractivity contribution < 1.29 is 17.7 Å². The van der Waals surface area contributed by atoms with E-state index in [-0.39, 0.29) is 16.7 Å². The first-order valence-corrected chi connectivity index (χ1v) is 12.3. The van der Waals surface area contributed by atoms with Crippen molar-refractivity contribution in [2.75, 3.05) is 18.4 Å². The third-order valence-electron chi connectivity index (χ3n) is 5.35. The Kier molecular flexibility index (Phi) is 5.96. The number of amides is 1. The molecular weight excluding hydrogens is 436 g/mol. The lowest BCUT2D eigenvalue weighted by atomic mass is 9.98. The number of thiophene rings is 1. The molecule has 1 aliphatic heterocycles. The van der Waals surface area contributed by atoms with Gasteiger partial charge in [-0.25, -0.2) is 8.42 Å². The minimum atomic E-state index is -3.71. The van der Waals surface area contributed by atoms with Crippen LogP contribution in [0.1, 0.15) is 29.9 Å². The van der Waals surface area contributed by atoms with Crippen molar-refractivity contribution in [2.45, 2.75) is 37.8 Å². The minimum Gasteiger partial charge on any atom is -0.339 e. The fourth-order valence-electron chi connectivity index (χ4n) is 3.68. The normalized spacial score (nSPS) is 17.6. The van der Waals surface area contributed by atoms with Crippen molar-refractivity contribution >= 4 is 33.0 Å². The molecule has 1 atom stereocenters. The second-order valence-corrected chi connectivity index (χ2v) is 10.9. The molecule has 1 fully saturated rings. The van der Waals surface area contributed by atoms with Gasteiger partial charge >= 0.3 is 0 Å². The summed E-state index contributed by atoms with van der Waals surface area (Å²) in [5, 5.41) is 8.50. The van der Waals surface area contributed by atoms with E-state index >= 15 is 0 Å². The van der Waals surface area contributed by atoms with Gasteiger partial charge in [-0.15, -0.1) is 11.3 Å². The molecule has 1 amide bonds. The first-order chi connectivity index (χ1) is 14.7. The van der Waals surface area contributed by atoms with Crippen LogP contribution in [0.25, 0.3) is 11.4 Å². The number of aryl methyl sites for hydroxylation is 3. The predicted octanol–water partition coefficient (Wildman–Crippen LogP) is 3.76. The molecule has 0 spiro atoms. The van der Waals surface area contributed by atoms with E-state index < -0.39 is 15.9 Å². The Morgan fingerprint density at radius 2 is 2.06 bits per heavy atom. The van der Waals surface area contributed by atoms with Gasteiger partial charge in [0.2, 0.25) is 17.6 Å². The molecule has 31 heavy (non-hydrogen) atoms. The summed E-state index contributed by atoms with van der Waals surface area (Å²) in [7, 11) is -3.71. The van der Waals surface area contributed by atoms with Crippen molar-refractivity contribution in [2.24, 2.45) is 5.92 Å². The van der Waals surface area contributed by atoms with Crippen molar-refractivity contribution in [1.29, 1.82) is 0 Å². The fourth-order valence-corrected chi connectivity index (χ4v) is 6.51. The standard InChI is InChI=1S/C21H24N4O4S2/c1-13-6-7-18(14(2)9-13)23-21(26)16-5-4-8-25(11-16)31(27,28)19-10-17(12-30-19)20-22-15(3)29-24-20/h6-7,9-10,12,16H,4-5,8,11H2,1-3H3,(H,23,26). The number of carbonyl (C=O) groups excluding carboxylic acids is 1. The number of benzene rings is 1. The summed E-state index contributed by atoms with van der Waals surface area (Å²) in [6.07, 6.45) is 1.28. The van der Waals surface area contributed by atoms with Gasteiger partial charge in [-0.2, -0.15) is 9.29 Å². The highest BCUT2D eigenvalue weighted by molar-refractivity contribution is 7.91. The molecule has 4 rings (SSSR count). The lowest BCUT2D eigenvalue weighted by Crippen LogP contribution is -2.43. The van der Waals surface area contributed by atoms with Crippen LogP contribution in [0.5, 0.6) is 0 Å². The maximum Gasteiger partial charge on any atom is 0.252 e. The topological polar surface area (TPSA) is 105 Å². The average Bonchev–Trinajstić information content (AvgIpc) is 3.39. The lowest BCUT2D eigenvalue weighted by molar-refractivity contribution is -0.120. The monoisotopic (exact) mass is 460 g/mol. The van der Waals surface area contributed by atoms with E-state index in [2.05, 4.69) is 15.5 Å². The van der Waals surface area contributed by atoms with E-state index in [1.807, 2.05) is 32.0 Å². The number of piperidine rings is 1. The highest BCUT2D eigenvalue weighted by atomic mass is 32.2. The van der Waals surface area contributed by atoms with Crippen molar-refractivity contribution in [1.82, 2.24) is 14.4 Å². The number of sulfonamides is 1. The third-order valence-corrected chi connectivity index (χ3v) is 8.63. The number of carbonyl (C=O) groups is 1. The van der Waals surface area contributed by atoms with Gasteiger partial charge in [-0.3, -0.25) is 4.79 Å². The minimum absolute atomic E-state index is 0.152. The van der Waals surface area contributed by atoms with Gasteiger partial charge in [-0.1, -0.05) is 22.9 Å². The molecule has 1 aromatic carbocycles. The largest absolute Gasteiger partial charge is 0.339 e. The molecule has 1 unspecified atom stereocenters. The number of rotatable bonds is 5. The summed E-state index contributed by atoms with van der Waals surface area (Å²) in [4.78, 5) is 17.0. The Balaban J connectivity index is 1.48. The summed E-state index contributed by atoms with van der Waals surface area (Å²) in [5.74, 6) is 0.225. The van der Waals surface area contributed by atoms with E-state index in [1.165, 1.54) is 4.31 Å². The van der Waals surface area contributed by atoms with Crippen LogP contribution in [0.2, 0.25) is 0 Å². The van der Waals surface area contributed by atoms with Crippen LogP contribution in [0.4, 0.5) is 5.69 Å². The maximum atomic E-state index is 13.2. The quantitative estimate of drug-likeness (QED) is 0.621. The predicted molar refractivity (Wildman–Crippen MR) is 118 cm³/mol. The van der Waals surface area contributed by atoms with E-state index in [0.717, 1.165) is 28.2 Å². The van der Waals surface area contributed by atoms with Crippen molar-refractivity contribution in [3.05, 3.63) is 46.7 Å². The summed E-state index contributed by atoms with van der Waals surface area (Å²) in [6, 6.07) is 7.39. The third kappa shape index (κ3) is 4.56. The molecule has 1 saturated heterocycles. The fraction of sp³-hybridized carbons (Fsp3) is 0.381. The van der Waals surface area contributed by atoms with Crippen molar-refractivity contribution in [3.8, 4) is 11.4 Å². The van der Waals surface area contributed by atoms with E-state index in [0.29, 0.717) is 36.7 Å². The Morgan fingerprint density at radius 1 is 1.26 bits per heavy atom. The van der Waals surface area contributed by atoms with Crippen LogP contribution >= 0.6 is 11.3 Å². The lowest BCUT2D eigenvalue weighted by Gasteiger charge is -2.31. The molecule has 164 valence electrons. The zero-order valence-corrected chi connectivity index (χ0v) is 19.2. The Bertz CT molecular complexity index is 1220. The number of nitrogens with zero attached hydrogens (tertiary/aromatic N) is 3. The van der Waals surface area contributed by atoms with Gasteiger partial charge in [0.1, 0.15) is 4.21 Å². The highest BCUT2D eigenvalue weighted by Gasteiger charge is 2.34. The number of nitrogens with one attached hydrogen (secondary N) is 1. The van der Waals surface area contributed by atoms with Crippen LogP contribution in [0, 0.1) is 26.7 Å². The molecular formula is C21H24N4O4S2. The molecule has 8 nitrogen and oxygen atoms in total. The molecule has 0 radical (unpaired) electrons. The molecule has 1 aliphatic rings. The number of aromatic nitrogens is 2. The zero-order valence-electron chi connectivity index (χ0n) is 17.6. The maximum absolute atomic E-state index is 13.2. The molecule has 10 heteroatoms.